The molecule has 1 heterocycles. The monoisotopic (exact) mass is 515 g/mol. The number of methoxy groups -OCH3 is 1. The van der Waals surface area contributed by atoms with Gasteiger partial charge in [-0.2, -0.15) is 0 Å². The van der Waals surface area contributed by atoms with Crippen LogP contribution in [0.15, 0.2) is 53.5 Å². The van der Waals surface area contributed by atoms with Gasteiger partial charge in [0.2, 0.25) is 0 Å². The molecule has 0 radical (unpaired) electrons. The van der Waals surface area contributed by atoms with E-state index in [1.54, 1.807) is 19.2 Å². The number of hydrogen-bond acceptors (Lipinski definition) is 3. The largest absolute Gasteiger partial charge is 0.495 e. The molecular weight excluding hydrogens is 489 g/mol. The van der Waals surface area contributed by atoms with E-state index in [9.17, 15) is 0 Å². The van der Waals surface area contributed by atoms with Gasteiger partial charge in [-0.05, 0) is 48.9 Å². The number of anilines is 1. The molecule has 2 aromatic rings. The van der Waals surface area contributed by atoms with E-state index in [1.165, 1.54) is 5.56 Å². The standard InChI is InChI=1S/C21H26ClN3O2.HI/c1-26-20-8-7-17(14-18(20)22)24-21(23)25-19(16-5-3-2-4-6-16)13-15-9-11-27-12-10-15;/h2-8,14-15,19H,9-13H2,1H3,(H3,23,24,25);1H. The van der Waals surface area contributed by atoms with Crippen LogP contribution in [0.25, 0.3) is 0 Å². The Kier molecular flexibility index (Phi) is 9.34. The first-order valence-electron chi connectivity index (χ1n) is 9.22. The number of rotatable bonds is 6. The molecule has 1 atom stereocenters. The number of nitrogens with two attached hydrogens (primary N) is 1. The van der Waals surface area contributed by atoms with Crippen molar-refractivity contribution in [3.63, 3.8) is 0 Å². The van der Waals surface area contributed by atoms with E-state index >= 15 is 0 Å². The fraction of sp³-hybridized carbons (Fsp3) is 0.381. The van der Waals surface area contributed by atoms with E-state index in [-0.39, 0.29) is 30.0 Å². The van der Waals surface area contributed by atoms with Gasteiger partial charge < -0.3 is 20.5 Å². The molecule has 1 aliphatic heterocycles. The zero-order valence-electron chi connectivity index (χ0n) is 15.9. The molecule has 0 amide bonds. The molecule has 1 saturated heterocycles. The SMILES string of the molecule is COc1ccc(NC(N)=NC(CC2CCOCC2)c2ccccc2)cc1Cl.I. The van der Waals surface area contributed by atoms with Crippen molar-refractivity contribution in [1.82, 2.24) is 0 Å². The lowest BCUT2D eigenvalue weighted by Gasteiger charge is -2.25. The molecule has 28 heavy (non-hydrogen) atoms. The van der Waals surface area contributed by atoms with Gasteiger partial charge in [-0.1, -0.05) is 41.9 Å². The van der Waals surface area contributed by atoms with Crippen molar-refractivity contribution in [3.8, 4) is 5.75 Å². The van der Waals surface area contributed by atoms with Crippen molar-refractivity contribution in [2.75, 3.05) is 25.6 Å². The Labute approximate surface area is 188 Å². The predicted octanol–water partition coefficient (Wildman–Crippen LogP) is 5.25. The molecule has 3 N–H and O–H groups in total. The van der Waals surface area contributed by atoms with Crippen LogP contribution in [0.3, 0.4) is 0 Å². The Hall–Kier alpha value is -1.51. The van der Waals surface area contributed by atoms with Crippen LogP contribution >= 0.6 is 35.6 Å². The molecule has 1 fully saturated rings. The third-order valence-corrected chi connectivity index (χ3v) is 5.10. The molecule has 1 unspecified atom stereocenters. The zero-order valence-corrected chi connectivity index (χ0v) is 19.0. The molecular formula is C21H27ClIN3O2. The molecule has 0 aromatic heterocycles. The molecule has 152 valence electrons. The summed E-state index contributed by atoms with van der Waals surface area (Å²) in [5.74, 6) is 1.59. The Morgan fingerprint density at radius 3 is 2.61 bits per heavy atom. The Bertz CT molecular complexity index is 768. The number of ether oxygens (including phenoxy) is 2. The zero-order chi connectivity index (χ0) is 19.1. The average Bonchev–Trinajstić information content (AvgIpc) is 2.69. The first-order valence-corrected chi connectivity index (χ1v) is 9.60. The molecule has 0 aliphatic carbocycles. The van der Waals surface area contributed by atoms with E-state index in [1.807, 2.05) is 24.3 Å². The number of hydrogen-bond donors (Lipinski definition) is 2. The second kappa shape index (κ2) is 11.5. The summed E-state index contributed by atoms with van der Waals surface area (Å²) in [5.41, 5.74) is 8.16. The third kappa shape index (κ3) is 6.53. The van der Waals surface area contributed by atoms with Gasteiger partial charge >= 0.3 is 0 Å². The van der Waals surface area contributed by atoms with Gasteiger partial charge in [-0.3, -0.25) is 0 Å². The lowest BCUT2D eigenvalue weighted by Crippen LogP contribution is -2.25. The normalized spacial score (nSPS) is 16.1. The maximum atomic E-state index is 6.21. The fourth-order valence-corrected chi connectivity index (χ4v) is 3.59. The Morgan fingerprint density at radius 1 is 1.25 bits per heavy atom. The molecule has 0 saturated carbocycles. The van der Waals surface area contributed by atoms with Crippen LogP contribution in [0, 0.1) is 5.92 Å². The van der Waals surface area contributed by atoms with Crippen molar-refractivity contribution in [1.29, 1.82) is 0 Å². The van der Waals surface area contributed by atoms with Gasteiger partial charge in [0.25, 0.3) is 0 Å². The first kappa shape index (κ1) is 22.8. The fourth-order valence-electron chi connectivity index (χ4n) is 3.33. The van der Waals surface area contributed by atoms with E-state index < -0.39 is 0 Å². The van der Waals surface area contributed by atoms with Crippen molar-refractivity contribution in [3.05, 3.63) is 59.1 Å². The summed E-state index contributed by atoms with van der Waals surface area (Å²) in [6.45, 7) is 1.65. The second-order valence-electron chi connectivity index (χ2n) is 6.71. The molecule has 3 rings (SSSR count). The maximum Gasteiger partial charge on any atom is 0.193 e. The van der Waals surface area contributed by atoms with Crippen LogP contribution in [0.4, 0.5) is 5.69 Å². The van der Waals surface area contributed by atoms with Crippen molar-refractivity contribution >= 4 is 47.2 Å². The highest BCUT2D eigenvalue weighted by molar-refractivity contribution is 14.0. The van der Waals surface area contributed by atoms with Gasteiger partial charge in [0.05, 0.1) is 18.2 Å². The van der Waals surface area contributed by atoms with Crippen LogP contribution in [0.1, 0.15) is 30.9 Å². The van der Waals surface area contributed by atoms with E-state index in [0.717, 1.165) is 38.2 Å². The number of nitrogens with one attached hydrogen (secondary N) is 1. The van der Waals surface area contributed by atoms with Gasteiger partial charge in [0.15, 0.2) is 5.96 Å². The highest BCUT2D eigenvalue weighted by Crippen LogP contribution is 2.31. The van der Waals surface area contributed by atoms with Gasteiger partial charge in [-0.15, -0.1) is 24.0 Å². The topological polar surface area (TPSA) is 68.9 Å². The lowest BCUT2D eigenvalue weighted by atomic mass is 9.90. The quantitative estimate of drug-likeness (QED) is 0.313. The molecule has 0 bridgehead atoms. The molecule has 7 heteroatoms. The van der Waals surface area contributed by atoms with Crippen molar-refractivity contribution < 1.29 is 9.47 Å². The van der Waals surface area contributed by atoms with E-state index in [0.29, 0.717) is 22.6 Å². The summed E-state index contributed by atoms with van der Waals surface area (Å²) in [4.78, 5) is 4.78. The van der Waals surface area contributed by atoms with Gasteiger partial charge in [0.1, 0.15) is 5.75 Å². The van der Waals surface area contributed by atoms with Crippen LogP contribution in [-0.4, -0.2) is 26.3 Å². The van der Waals surface area contributed by atoms with Gasteiger partial charge in [0, 0.05) is 18.9 Å². The van der Waals surface area contributed by atoms with E-state index in [2.05, 4.69) is 17.4 Å². The minimum absolute atomic E-state index is 0. The first-order chi connectivity index (χ1) is 13.2. The van der Waals surface area contributed by atoms with Gasteiger partial charge in [-0.25, -0.2) is 4.99 Å². The summed E-state index contributed by atoms with van der Waals surface area (Å²) in [6, 6.07) is 15.7. The number of nitrogens with zero attached hydrogens (tertiary/aromatic N) is 1. The summed E-state index contributed by atoms with van der Waals surface area (Å²) in [6.07, 6.45) is 3.10. The van der Waals surface area contributed by atoms with Crippen LogP contribution in [0.2, 0.25) is 5.02 Å². The number of aliphatic imine (C=N–C) groups is 1. The summed E-state index contributed by atoms with van der Waals surface area (Å²) < 4.78 is 10.7. The second-order valence-corrected chi connectivity index (χ2v) is 7.11. The minimum atomic E-state index is 0. The van der Waals surface area contributed by atoms with Crippen molar-refractivity contribution in [2.24, 2.45) is 16.6 Å². The molecule has 1 aliphatic rings. The number of halogens is 2. The van der Waals surface area contributed by atoms with E-state index in [4.69, 9.17) is 31.8 Å². The summed E-state index contributed by atoms with van der Waals surface area (Å²) >= 11 is 6.19. The highest BCUT2D eigenvalue weighted by atomic mass is 127. The van der Waals surface area contributed by atoms with Crippen LogP contribution in [-0.2, 0) is 4.74 Å². The van der Waals surface area contributed by atoms with Crippen LogP contribution < -0.4 is 15.8 Å². The molecule has 5 nitrogen and oxygen atoms in total. The third-order valence-electron chi connectivity index (χ3n) is 4.80. The maximum absolute atomic E-state index is 6.21. The summed E-state index contributed by atoms with van der Waals surface area (Å²) in [7, 11) is 1.59. The molecule has 2 aromatic carbocycles. The van der Waals surface area contributed by atoms with Crippen LogP contribution in [0.5, 0.6) is 5.75 Å². The summed E-state index contributed by atoms with van der Waals surface area (Å²) in [5, 5.41) is 3.66. The predicted molar refractivity (Wildman–Crippen MR) is 126 cm³/mol. The number of guanidine groups is 1. The lowest BCUT2D eigenvalue weighted by molar-refractivity contribution is 0.0619. The van der Waals surface area contributed by atoms with Crippen molar-refractivity contribution in [2.45, 2.75) is 25.3 Å². The highest BCUT2D eigenvalue weighted by Gasteiger charge is 2.20. The average molecular weight is 516 g/mol. The smallest absolute Gasteiger partial charge is 0.193 e. The minimum Gasteiger partial charge on any atom is -0.495 e. The Balaban J connectivity index is 0.00000280. The number of benzene rings is 2. The Morgan fingerprint density at radius 2 is 1.96 bits per heavy atom. The molecule has 0 spiro atoms.